The van der Waals surface area contributed by atoms with Gasteiger partial charge in [-0.3, -0.25) is 4.79 Å². The molecule has 0 spiro atoms. The highest BCUT2D eigenvalue weighted by molar-refractivity contribution is 7.99. The minimum Gasteiger partial charge on any atom is -0.459 e. The number of nitrogens with zero attached hydrogens (tertiary/aromatic N) is 1. The maximum absolute atomic E-state index is 12.0. The molecular formula is C17H24N2O3S. The number of aliphatic hydroxyl groups is 1. The molecule has 0 radical (unpaired) electrons. The average Bonchev–Trinajstić information content (AvgIpc) is 2.97. The lowest BCUT2D eigenvalue weighted by molar-refractivity contribution is -0.113. The van der Waals surface area contributed by atoms with Crippen molar-refractivity contribution in [2.75, 3.05) is 36.5 Å². The Morgan fingerprint density at radius 2 is 2.09 bits per heavy atom. The number of furan rings is 1. The molecule has 2 aromatic rings. The number of benzene rings is 1. The summed E-state index contributed by atoms with van der Waals surface area (Å²) in [4.78, 5) is 14.3. The van der Waals surface area contributed by atoms with Crippen LogP contribution in [-0.2, 0) is 11.4 Å². The van der Waals surface area contributed by atoms with Crippen LogP contribution in [0.15, 0.2) is 28.7 Å². The van der Waals surface area contributed by atoms with Crippen LogP contribution in [0.2, 0.25) is 0 Å². The van der Waals surface area contributed by atoms with Crippen LogP contribution in [0.4, 0.5) is 5.69 Å². The molecule has 1 heterocycles. The third-order valence-corrected chi connectivity index (χ3v) is 4.62. The molecule has 1 amide bonds. The zero-order valence-corrected chi connectivity index (χ0v) is 14.5. The SMILES string of the molecule is CCN(CC)CCSCC(=O)Nc1ccc2oc(CO)cc2c1. The van der Waals surface area contributed by atoms with Gasteiger partial charge in [-0.2, -0.15) is 11.8 Å². The highest BCUT2D eigenvalue weighted by Crippen LogP contribution is 2.23. The number of carbonyl (C=O) groups excluding carboxylic acids is 1. The van der Waals surface area contributed by atoms with Gasteiger partial charge >= 0.3 is 0 Å². The topological polar surface area (TPSA) is 65.7 Å². The van der Waals surface area contributed by atoms with E-state index in [-0.39, 0.29) is 12.5 Å². The maximum Gasteiger partial charge on any atom is 0.234 e. The van der Waals surface area contributed by atoms with E-state index in [0.29, 0.717) is 17.1 Å². The predicted molar refractivity (Wildman–Crippen MR) is 95.9 cm³/mol. The van der Waals surface area contributed by atoms with Crippen LogP contribution in [0, 0.1) is 0 Å². The summed E-state index contributed by atoms with van der Waals surface area (Å²) in [5, 5.41) is 12.9. The fourth-order valence-electron chi connectivity index (χ4n) is 2.35. The monoisotopic (exact) mass is 336 g/mol. The first kappa shape index (κ1) is 17.8. The molecule has 0 saturated carbocycles. The molecule has 0 fully saturated rings. The van der Waals surface area contributed by atoms with E-state index in [9.17, 15) is 4.79 Å². The second kappa shape index (κ2) is 8.96. The first-order chi connectivity index (χ1) is 11.2. The van der Waals surface area contributed by atoms with Gasteiger partial charge in [0, 0.05) is 23.4 Å². The molecule has 0 aliphatic heterocycles. The number of hydrogen-bond acceptors (Lipinski definition) is 5. The van der Waals surface area contributed by atoms with Crippen LogP contribution >= 0.6 is 11.8 Å². The summed E-state index contributed by atoms with van der Waals surface area (Å²) in [6.45, 7) is 7.27. The highest BCUT2D eigenvalue weighted by atomic mass is 32.2. The number of nitrogens with one attached hydrogen (secondary N) is 1. The lowest BCUT2D eigenvalue weighted by atomic mass is 10.2. The van der Waals surface area contributed by atoms with E-state index in [1.807, 2.05) is 12.1 Å². The normalized spacial score (nSPS) is 11.3. The second-order valence-corrected chi connectivity index (χ2v) is 6.36. The lowest BCUT2D eigenvalue weighted by Gasteiger charge is -2.17. The van der Waals surface area contributed by atoms with Crippen LogP contribution in [0.25, 0.3) is 11.0 Å². The standard InChI is InChI=1S/C17H24N2O3S/c1-3-19(4-2)7-8-23-12-17(21)18-14-5-6-16-13(9-14)10-15(11-20)22-16/h5-6,9-10,20H,3-4,7-8,11-12H2,1-2H3,(H,18,21). The van der Waals surface area contributed by atoms with Gasteiger partial charge in [-0.05, 0) is 37.4 Å². The third-order valence-electron chi connectivity index (χ3n) is 3.69. The van der Waals surface area contributed by atoms with E-state index in [1.165, 1.54) is 0 Å². The molecule has 5 nitrogen and oxygen atoms in total. The van der Waals surface area contributed by atoms with E-state index in [1.54, 1.807) is 23.9 Å². The van der Waals surface area contributed by atoms with Gasteiger partial charge in [0.1, 0.15) is 18.0 Å². The molecule has 1 aromatic carbocycles. The van der Waals surface area contributed by atoms with Crippen molar-refractivity contribution in [2.24, 2.45) is 0 Å². The minimum absolute atomic E-state index is 0.000210. The van der Waals surface area contributed by atoms with Crippen molar-refractivity contribution in [1.82, 2.24) is 4.90 Å². The quantitative estimate of drug-likeness (QED) is 0.689. The van der Waals surface area contributed by atoms with Crippen molar-refractivity contribution < 1.29 is 14.3 Å². The van der Waals surface area contributed by atoms with Crippen LogP contribution in [0.3, 0.4) is 0 Å². The number of rotatable bonds is 9. The molecule has 0 aliphatic carbocycles. The van der Waals surface area contributed by atoms with E-state index >= 15 is 0 Å². The summed E-state index contributed by atoms with van der Waals surface area (Å²) in [6.07, 6.45) is 0. The van der Waals surface area contributed by atoms with Crippen LogP contribution < -0.4 is 5.32 Å². The molecule has 126 valence electrons. The minimum atomic E-state index is -0.125. The smallest absolute Gasteiger partial charge is 0.234 e. The van der Waals surface area contributed by atoms with Gasteiger partial charge in [-0.25, -0.2) is 0 Å². The molecule has 0 bridgehead atoms. The van der Waals surface area contributed by atoms with E-state index < -0.39 is 0 Å². The van der Waals surface area contributed by atoms with E-state index in [2.05, 4.69) is 24.1 Å². The molecule has 23 heavy (non-hydrogen) atoms. The summed E-state index contributed by atoms with van der Waals surface area (Å²) in [5.74, 6) is 1.93. The number of carbonyl (C=O) groups is 1. The average molecular weight is 336 g/mol. The van der Waals surface area contributed by atoms with Gasteiger partial charge in [-0.15, -0.1) is 0 Å². The summed E-state index contributed by atoms with van der Waals surface area (Å²) >= 11 is 1.65. The number of anilines is 1. The summed E-state index contributed by atoms with van der Waals surface area (Å²) in [6, 6.07) is 7.25. The predicted octanol–water partition coefficient (Wildman–Crippen LogP) is 2.94. The lowest BCUT2D eigenvalue weighted by Crippen LogP contribution is -2.26. The maximum atomic E-state index is 12.0. The van der Waals surface area contributed by atoms with Crippen molar-refractivity contribution in [3.8, 4) is 0 Å². The van der Waals surface area contributed by atoms with Crippen LogP contribution in [-0.4, -0.2) is 47.1 Å². The molecule has 1 aromatic heterocycles. The van der Waals surface area contributed by atoms with Crippen molar-refractivity contribution in [3.63, 3.8) is 0 Å². The largest absolute Gasteiger partial charge is 0.459 e. The Morgan fingerprint density at radius 3 is 2.78 bits per heavy atom. The van der Waals surface area contributed by atoms with Gasteiger partial charge < -0.3 is 19.7 Å². The fourth-order valence-corrected chi connectivity index (χ4v) is 3.14. The number of thioether (sulfide) groups is 1. The first-order valence-corrected chi connectivity index (χ1v) is 9.05. The summed E-state index contributed by atoms with van der Waals surface area (Å²) in [5.41, 5.74) is 1.46. The summed E-state index contributed by atoms with van der Waals surface area (Å²) in [7, 11) is 0. The zero-order valence-electron chi connectivity index (χ0n) is 13.7. The second-order valence-electron chi connectivity index (χ2n) is 5.25. The van der Waals surface area contributed by atoms with Gasteiger partial charge in [0.15, 0.2) is 0 Å². The number of hydrogen-bond donors (Lipinski definition) is 2. The van der Waals surface area contributed by atoms with Crippen molar-refractivity contribution >= 4 is 34.3 Å². The third kappa shape index (κ3) is 5.27. The summed E-state index contributed by atoms with van der Waals surface area (Å²) < 4.78 is 5.43. The molecule has 0 saturated heterocycles. The van der Waals surface area contributed by atoms with Crippen LogP contribution in [0.5, 0.6) is 0 Å². The number of fused-ring (bicyclic) bond motifs is 1. The molecule has 0 atom stereocenters. The number of aliphatic hydroxyl groups excluding tert-OH is 1. The Hall–Kier alpha value is -1.50. The molecular weight excluding hydrogens is 312 g/mol. The Bertz CT molecular complexity index is 638. The molecule has 2 rings (SSSR count). The van der Waals surface area contributed by atoms with Gasteiger partial charge in [0.05, 0.1) is 5.75 Å². The van der Waals surface area contributed by atoms with Gasteiger partial charge in [-0.1, -0.05) is 13.8 Å². The Morgan fingerprint density at radius 1 is 1.30 bits per heavy atom. The van der Waals surface area contributed by atoms with Crippen molar-refractivity contribution in [3.05, 3.63) is 30.0 Å². The zero-order chi connectivity index (χ0) is 16.7. The molecule has 0 aliphatic rings. The number of amides is 1. The molecule has 6 heteroatoms. The van der Waals surface area contributed by atoms with Crippen molar-refractivity contribution in [2.45, 2.75) is 20.5 Å². The molecule has 2 N–H and O–H groups in total. The van der Waals surface area contributed by atoms with E-state index in [4.69, 9.17) is 9.52 Å². The Labute approximate surface area is 141 Å². The highest BCUT2D eigenvalue weighted by Gasteiger charge is 2.07. The van der Waals surface area contributed by atoms with E-state index in [0.717, 1.165) is 36.5 Å². The molecule has 0 unspecified atom stereocenters. The first-order valence-electron chi connectivity index (χ1n) is 7.89. The van der Waals surface area contributed by atoms with Crippen LogP contribution in [0.1, 0.15) is 19.6 Å². The van der Waals surface area contributed by atoms with Crippen molar-refractivity contribution in [1.29, 1.82) is 0 Å². The Kier molecular flexibility index (Phi) is 6.95. The van der Waals surface area contributed by atoms with Gasteiger partial charge in [0.25, 0.3) is 0 Å². The Balaban J connectivity index is 1.80. The van der Waals surface area contributed by atoms with Gasteiger partial charge in [0.2, 0.25) is 5.91 Å². The fraction of sp³-hybridized carbons (Fsp3) is 0.471.